The highest BCUT2D eigenvalue weighted by Crippen LogP contribution is 2.42. The Bertz CT molecular complexity index is 290. The molecule has 0 radical (unpaired) electrons. The lowest BCUT2D eigenvalue weighted by atomic mass is 10.1. The predicted molar refractivity (Wildman–Crippen MR) is 50.0 cm³/mol. The summed E-state index contributed by atoms with van der Waals surface area (Å²) in [7, 11) is 0. The van der Waals surface area contributed by atoms with Crippen molar-refractivity contribution in [3.63, 3.8) is 0 Å². The van der Waals surface area contributed by atoms with Gasteiger partial charge in [-0.3, -0.25) is 0 Å². The third-order valence-corrected chi connectivity index (χ3v) is 2.43. The molecule has 1 aliphatic carbocycles. The molecule has 0 aromatic carbocycles. The fraction of sp³-hybridized carbons (Fsp3) is 0.500. The Hall–Kier alpha value is -1.05. The Morgan fingerprint density at radius 2 is 2.33 bits per heavy atom. The largest absolute Gasteiger partial charge is 0.383 e. The van der Waals surface area contributed by atoms with Crippen molar-refractivity contribution in [3.8, 4) is 0 Å². The highest BCUT2D eigenvalue weighted by molar-refractivity contribution is 5.45. The van der Waals surface area contributed by atoms with Gasteiger partial charge in [0.2, 0.25) is 0 Å². The summed E-state index contributed by atoms with van der Waals surface area (Å²) in [6.07, 6.45) is 5.51. The Kier molecular flexibility index (Phi) is 1.75. The van der Waals surface area contributed by atoms with Gasteiger partial charge in [0.05, 0.1) is 0 Å². The van der Waals surface area contributed by atoms with Crippen LogP contribution in [0.4, 0.5) is 5.82 Å². The monoisotopic (exact) mass is 162 g/mol. The fourth-order valence-electron chi connectivity index (χ4n) is 1.45. The van der Waals surface area contributed by atoms with Gasteiger partial charge in [0.15, 0.2) is 0 Å². The average molecular weight is 162 g/mol. The molecule has 1 saturated carbocycles. The van der Waals surface area contributed by atoms with Crippen molar-refractivity contribution >= 4 is 5.82 Å². The molecule has 0 bridgehead atoms. The summed E-state index contributed by atoms with van der Waals surface area (Å²) < 4.78 is 0. The van der Waals surface area contributed by atoms with Crippen molar-refractivity contribution in [2.24, 2.45) is 0 Å². The summed E-state index contributed by atoms with van der Waals surface area (Å²) in [6.45, 7) is 2.14. The summed E-state index contributed by atoms with van der Waals surface area (Å²) >= 11 is 0. The first-order valence-electron chi connectivity index (χ1n) is 4.55. The maximum atomic E-state index is 5.77. The molecule has 0 atom stereocenters. The Morgan fingerprint density at radius 1 is 1.58 bits per heavy atom. The number of pyridine rings is 1. The standard InChI is InChI=1S/C10H14N2/c1-2-7-5-9(8-3-4-8)10(11)12-6-7/h5-6,8H,2-4H2,1H3,(H2,11,12). The molecule has 2 N–H and O–H groups in total. The number of aryl methyl sites for hydroxylation is 1. The Labute approximate surface area is 72.8 Å². The van der Waals surface area contributed by atoms with E-state index in [9.17, 15) is 0 Å². The Balaban J connectivity index is 2.36. The average Bonchev–Trinajstić information content (AvgIpc) is 2.88. The van der Waals surface area contributed by atoms with Crippen LogP contribution in [0.15, 0.2) is 12.3 Å². The van der Waals surface area contributed by atoms with E-state index in [0.29, 0.717) is 5.92 Å². The van der Waals surface area contributed by atoms with Crippen molar-refractivity contribution in [3.05, 3.63) is 23.4 Å². The summed E-state index contributed by atoms with van der Waals surface area (Å²) in [4.78, 5) is 4.19. The normalized spacial score (nSPS) is 16.4. The van der Waals surface area contributed by atoms with E-state index in [2.05, 4.69) is 18.0 Å². The van der Waals surface area contributed by atoms with Gasteiger partial charge < -0.3 is 5.73 Å². The molecule has 0 spiro atoms. The number of anilines is 1. The summed E-state index contributed by atoms with van der Waals surface area (Å²) in [6, 6.07) is 2.21. The molecule has 1 aromatic heterocycles. The first-order chi connectivity index (χ1) is 5.81. The molecule has 0 saturated heterocycles. The molecule has 0 aliphatic heterocycles. The van der Waals surface area contributed by atoms with Crippen LogP contribution in [-0.4, -0.2) is 4.98 Å². The predicted octanol–water partition coefficient (Wildman–Crippen LogP) is 2.10. The SMILES string of the molecule is CCc1cnc(N)c(C2CC2)c1. The Morgan fingerprint density at radius 3 is 2.92 bits per heavy atom. The molecule has 1 aromatic rings. The van der Waals surface area contributed by atoms with E-state index in [1.54, 1.807) is 0 Å². The zero-order chi connectivity index (χ0) is 8.55. The summed E-state index contributed by atoms with van der Waals surface area (Å²) in [5.41, 5.74) is 8.34. The molecule has 0 unspecified atom stereocenters. The molecular formula is C10H14N2. The number of rotatable bonds is 2. The van der Waals surface area contributed by atoms with E-state index in [4.69, 9.17) is 5.73 Å². The quantitative estimate of drug-likeness (QED) is 0.723. The zero-order valence-electron chi connectivity index (χ0n) is 7.38. The molecule has 2 rings (SSSR count). The van der Waals surface area contributed by atoms with Crippen LogP contribution in [0.25, 0.3) is 0 Å². The summed E-state index contributed by atoms with van der Waals surface area (Å²) in [5, 5.41) is 0. The smallest absolute Gasteiger partial charge is 0.126 e. The lowest BCUT2D eigenvalue weighted by Crippen LogP contribution is -1.97. The van der Waals surface area contributed by atoms with Crippen molar-refractivity contribution in [1.29, 1.82) is 0 Å². The van der Waals surface area contributed by atoms with Crippen LogP contribution in [0, 0.1) is 0 Å². The van der Waals surface area contributed by atoms with Gasteiger partial charge in [-0.1, -0.05) is 13.0 Å². The molecule has 1 heterocycles. The van der Waals surface area contributed by atoms with E-state index in [-0.39, 0.29) is 0 Å². The van der Waals surface area contributed by atoms with Crippen molar-refractivity contribution in [2.45, 2.75) is 32.1 Å². The van der Waals surface area contributed by atoms with Gasteiger partial charge >= 0.3 is 0 Å². The van der Waals surface area contributed by atoms with Crippen LogP contribution < -0.4 is 5.73 Å². The van der Waals surface area contributed by atoms with Crippen molar-refractivity contribution in [2.75, 3.05) is 5.73 Å². The second kappa shape index (κ2) is 2.77. The second-order valence-electron chi connectivity index (χ2n) is 3.45. The fourth-order valence-corrected chi connectivity index (χ4v) is 1.45. The number of nitrogens with two attached hydrogens (primary N) is 1. The minimum atomic E-state index is 0.712. The minimum absolute atomic E-state index is 0.712. The molecule has 12 heavy (non-hydrogen) atoms. The van der Waals surface area contributed by atoms with Crippen LogP contribution in [0.2, 0.25) is 0 Å². The van der Waals surface area contributed by atoms with Gasteiger partial charge in [-0.2, -0.15) is 0 Å². The van der Waals surface area contributed by atoms with Crippen LogP contribution in [-0.2, 0) is 6.42 Å². The molecule has 1 aliphatic rings. The number of nitrogens with zero attached hydrogens (tertiary/aromatic N) is 1. The third kappa shape index (κ3) is 1.29. The second-order valence-corrected chi connectivity index (χ2v) is 3.45. The van der Waals surface area contributed by atoms with Crippen LogP contribution >= 0.6 is 0 Å². The van der Waals surface area contributed by atoms with Crippen LogP contribution in [0.3, 0.4) is 0 Å². The maximum Gasteiger partial charge on any atom is 0.126 e. The van der Waals surface area contributed by atoms with E-state index in [1.807, 2.05) is 6.20 Å². The van der Waals surface area contributed by atoms with Gasteiger partial charge in [0.1, 0.15) is 5.82 Å². The van der Waals surface area contributed by atoms with E-state index >= 15 is 0 Å². The van der Waals surface area contributed by atoms with E-state index < -0.39 is 0 Å². The van der Waals surface area contributed by atoms with Gasteiger partial charge in [0.25, 0.3) is 0 Å². The number of hydrogen-bond donors (Lipinski definition) is 1. The molecule has 0 amide bonds. The summed E-state index contributed by atoms with van der Waals surface area (Å²) in [5.74, 6) is 1.44. The van der Waals surface area contributed by atoms with Gasteiger partial charge in [-0.05, 0) is 36.3 Å². The van der Waals surface area contributed by atoms with E-state index in [0.717, 1.165) is 12.2 Å². The topological polar surface area (TPSA) is 38.9 Å². The van der Waals surface area contributed by atoms with Gasteiger partial charge in [-0.25, -0.2) is 4.98 Å². The van der Waals surface area contributed by atoms with Gasteiger partial charge in [0, 0.05) is 6.20 Å². The molecule has 2 heteroatoms. The zero-order valence-corrected chi connectivity index (χ0v) is 7.38. The maximum absolute atomic E-state index is 5.77. The number of nitrogen functional groups attached to an aromatic ring is 1. The molecule has 64 valence electrons. The lowest BCUT2D eigenvalue weighted by Gasteiger charge is -2.04. The number of hydrogen-bond acceptors (Lipinski definition) is 2. The lowest BCUT2D eigenvalue weighted by molar-refractivity contribution is 1.04. The number of aromatic nitrogens is 1. The first-order valence-corrected chi connectivity index (χ1v) is 4.55. The molecular weight excluding hydrogens is 148 g/mol. The van der Waals surface area contributed by atoms with E-state index in [1.165, 1.54) is 24.0 Å². The van der Waals surface area contributed by atoms with Crippen LogP contribution in [0.1, 0.15) is 36.8 Å². The van der Waals surface area contributed by atoms with Crippen molar-refractivity contribution < 1.29 is 0 Å². The van der Waals surface area contributed by atoms with Crippen LogP contribution in [0.5, 0.6) is 0 Å². The first kappa shape index (κ1) is 7.59. The van der Waals surface area contributed by atoms with Gasteiger partial charge in [-0.15, -0.1) is 0 Å². The minimum Gasteiger partial charge on any atom is -0.383 e. The highest BCUT2D eigenvalue weighted by Gasteiger charge is 2.26. The third-order valence-electron chi connectivity index (χ3n) is 2.43. The molecule has 2 nitrogen and oxygen atoms in total. The van der Waals surface area contributed by atoms with Crippen molar-refractivity contribution in [1.82, 2.24) is 4.98 Å². The molecule has 1 fully saturated rings. The highest BCUT2D eigenvalue weighted by atomic mass is 14.8.